The van der Waals surface area contributed by atoms with Gasteiger partial charge in [-0.25, -0.2) is 4.68 Å². The van der Waals surface area contributed by atoms with Crippen molar-refractivity contribution in [1.29, 1.82) is 0 Å². The number of nitrogens with one attached hydrogen (secondary N) is 1. The topological polar surface area (TPSA) is 56.2 Å². The Balaban J connectivity index is 2.09. The van der Waals surface area contributed by atoms with E-state index in [1.807, 2.05) is 12.1 Å². The summed E-state index contributed by atoms with van der Waals surface area (Å²) in [5.74, 6) is 0. The first-order valence-electron chi connectivity index (χ1n) is 5.64. The fraction of sp³-hybridized carbons (Fsp3) is 0.333. The largest absolute Gasteiger partial charge is 0.354 e. The summed E-state index contributed by atoms with van der Waals surface area (Å²) in [7, 11) is 0. The maximum Gasteiger partial charge on any atom is 0.180 e. The first-order valence-corrected chi connectivity index (χ1v) is 5.64. The Labute approximate surface area is 98.4 Å². The molecule has 2 heterocycles. The summed E-state index contributed by atoms with van der Waals surface area (Å²) in [5, 5.41) is 7.53. The van der Waals surface area contributed by atoms with Gasteiger partial charge in [0.2, 0.25) is 0 Å². The molecule has 0 spiro atoms. The fourth-order valence-electron chi connectivity index (χ4n) is 2.05. The molecule has 0 bridgehead atoms. The lowest BCUT2D eigenvalue weighted by Gasteiger charge is -2.27. The highest BCUT2D eigenvalue weighted by Gasteiger charge is 2.19. The van der Waals surface area contributed by atoms with Crippen molar-refractivity contribution in [2.75, 3.05) is 19.7 Å². The maximum atomic E-state index is 11.4. The minimum atomic E-state index is -0.144. The number of hydrogen-bond donors (Lipinski definition) is 1. The quantitative estimate of drug-likeness (QED) is 0.775. The second kappa shape index (κ2) is 4.27. The zero-order valence-corrected chi connectivity index (χ0v) is 9.30. The summed E-state index contributed by atoms with van der Waals surface area (Å²) in [5.41, 5.74) is 1.80. The highest BCUT2D eigenvalue weighted by molar-refractivity contribution is 5.59. The first-order chi connectivity index (χ1) is 8.34. The summed E-state index contributed by atoms with van der Waals surface area (Å²) in [4.78, 5) is 11.4. The van der Waals surface area contributed by atoms with Gasteiger partial charge in [-0.3, -0.25) is 4.79 Å². The lowest BCUT2D eigenvalue weighted by Crippen LogP contribution is -2.37. The second-order valence-corrected chi connectivity index (χ2v) is 4.03. The number of aromatic nitrogens is 2. The number of rotatable bonds is 1. The molecule has 1 saturated heterocycles. The van der Waals surface area contributed by atoms with Crippen molar-refractivity contribution in [1.82, 2.24) is 15.1 Å². The van der Waals surface area contributed by atoms with Crippen LogP contribution in [0.2, 0.25) is 0 Å². The van der Waals surface area contributed by atoms with Crippen molar-refractivity contribution in [3.8, 4) is 11.3 Å². The molecular weight excluding hydrogens is 218 g/mol. The van der Waals surface area contributed by atoms with Gasteiger partial charge in [-0.1, -0.05) is 0 Å². The van der Waals surface area contributed by atoms with Gasteiger partial charge in [0.25, 0.3) is 0 Å². The van der Waals surface area contributed by atoms with E-state index in [1.54, 1.807) is 23.0 Å². The molecule has 5 heteroatoms. The minimum Gasteiger partial charge on any atom is -0.354 e. The molecule has 1 N–H and O–H groups in total. The molecule has 0 amide bonds. The summed E-state index contributed by atoms with van der Waals surface area (Å²) in [6.07, 6.45) is 1.58. The van der Waals surface area contributed by atoms with Crippen molar-refractivity contribution in [2.24, 2.45) is 0 Å². The molecule has 0 saturated carbocycles. The minimum absolute atomic E-state index is 0.0111. The van der Waals surface area contributed by atoms with Crippen LogP contribution in [-0.4, -0.2) is 29.5 Å². The zero-order chi connectivity index (χ0) is 11.7. The van der Waals surface area contributed by atoms with Crippen LogP contribution in [0, 0.1) is 0 Å². The van der Waals surface area contributed by atoms with E-state index >= 15 is 0 Å². The van der Waals surface area contributed by atoms with Crippen LogP contribution in [0.5, 0.6) is 0 Å². The smallest absolute Gasteiger partial charge is 0.180 e. The molecule has 0 radical (unpaired) electrons. The Bertz CT molecular complexity index is 546. The van der Waals surface area contributed by atoms with E-state index in [4.69, 9.17) is 4.74 Å². The third kappa shape index (κ3) is 1.94. The van der Waals surface area contributed by atoms with Crippen molar-refractivity contribution in [3.05, 3.63) is 40.7 Å². The van der Waals surface area contributed by atoms with Gasteiger partial charge in [0.1, 0.15) is 0 Å². The van der Waals surface area contributed by atoms with Crippen LogP contribution in [-0.2, 0) is 4.74 Å². The lowest BCUT2D eigenvalue weighted by molar-refractivity contribution is -0.0269. The highest BCUT2D eigenvalue weighted by Crippen LogP contribution is 2.22. The second-order valence-electron chi connectivity index (χ2n) is 4.03. The lowest BCUT2D eigenvalue weighted by atomic mass is 10.1. The van der Waals surface area contributed by atoms with Crippen molar-refractivity contribution >= 4 is 0 Å². The standard InChI is InChI=1S/C12H13N3O2/c16-10-2-1-9-3-4-14-15(11(9)7-10)12-8-13-5-6-17-12/h1-4,7,12-13H,5-6,8H2. The summed E-state index contributed by atoms with van der Waals surface area (Å²) in [6, 6.07) is 6.86. The predicted octanol–water partition coefficient (Wildman–Crippen LogP) is 0.466. The predicted molar refractivity (Wildman–Crippen MR) is 63.0 cm³/mol. The van der Waals surface area contributed by atoms with Crippen LogP contribution in [0.1, 0.15) is 6.23 Å². The number of ether oxygens (including phenoxy) is 1. The van der Waals surface area contributed by atoms with Crippen molar-refractivity contribution < 1.29 is 4.74 Å². The van der Waals surface area contributed by atoms with E-state index in [0.717, 1.165) is 17.8 Å². The van der Waals surface area contributed by atoms with Gasteiger partial charge in [-0.05, 0) is 18.2 Å². The molecule has 1 fully saturated rings. The third-order valence-corrected chi connectivity index (χ3v) is 2.87. The molecule has 3 aliphatic rings. The SMILES string of the molecule is O=c1ccc2ccnn(C3CNCCO3)c-2c1. The molecule has 0 aromatic rings. The Hall–Kier alpha value is -1.72. The van der Waals surface area contributed by atoms with Gasteiger partial charge in [0.15, 0.2) is 11.7 Å². The highest BCUT2D eigenvalue weighted by atomic mass is 16.5. The molecule has 1 atom stereocenters. The molecule has 5 nitrogen and oxygen atoms in total. The van der Waals surface area contributed by atoms with Crippen LogP contribution < -0.4 is 10.7 Å². The van der Waals surface area contributed by atoms with Gasteiger partial charge in [-0.15, -0.1) is 0 Å². The molecule has 1 unspecified atom stereocenters. The number of morpholine rings is 1. The maximum absolute atomic E-state index is 11.4. The van der Waals surface area contributed by atoms with Crippen LogP contribution in [0.3, 0.4) is 0 Å². The number of benzene rings is 1. The third-order valence-electron chi connectivity index (χ3n) is 2.87. The van der Waals surface area contributed by atoms with Crippen LogP contribution in [0.25, 0.3) is 11.3 Å². The molecule has 3 rings (SSSR count). The average molecular weight is 231 g/mol. The first kappa shape index (κ1) is 10.4. The van der Waals surface area contributed by atoms with Gasteiger partial charge in [-0.2, -0.15) is 5.10 Å². The van der Waals surface area contributed by atoms with Gasteiger partial charge >= 0.3 is 0 Å². The van der Waals surface area contributed by atoms with Gasteiger partial charge in [0, 0.05) is 30.9 Å². The van der Waals surface area contributed by atoms with E-state index in [0.29, 0.717) is 13.2 Å². The fourth-order valence-corrected chi connectivity index (χ4v) is 2.05. The molecular formula is C12H13N3O2. The monoisotopic (exact) mass is 231 g/mol. The number of fused-ring (bicyclic) bond motifs is 1. The van der Waals surface area contributed by atoms with Crippen LogP contribution in [0.15, 0.2) is 35.3 Å². The van der Waals surface area contributed by atoms with Crippen molar-refractivity contribution in [2.45, 2.75) is 6.23 Å². The van der Waals surface area contributed by atoms with Crippen LogP contribution in [0.4, 0.5) is 0 Å². The number of nitrogens with zero attached hydrogens (tertiary/aromatic N) is 2. The molecule has 0 aromatic carbocycles. The molecule has 2 aliphatic heterocycles. The number of hydrogen-bond acceptors (Lipinski definition) is 4. The van der Waals surface area contributed by atoms with Crippen LogP contribution >= 0.6 is 0 Å². The Morgan fingerprint density at radius 1 is 1.41 bits per heavy atom. The van der Waals surface area contributed by atoms with E-state index in [9.17, 15) is 4.79 Å². The van der Waals surface area contributed by atoms with E-state index < -0.39 is 0 Å². The average Bonchev–Trinajstić information content (AvgIpc) is 2.39. The van der Waals surface area contributed by atoms with Gasteiger partial charge in [0.05, 0.1) is 12.3 Å². The Kier molecular flexibility index (Phi) is 2.62. The summed E-state index contributed by atoms with van der Waals surface area (Å²) < 4.78 is 7.41. The van der Waals surface area contributed by atoms with E-state index in [2.05, 4.69) is 10.4 Å². The summed E-state index contributed by atoms with van der Waals surface area (Å²) >= 11 is 0. The normalized spacial score (nSPS) is 20.6. The Morgan fingerprint density at radius 3 is 3.18 bits per heavy atom. The van der Waals surface area contributed by atoms with E-state index in [-0.39, 0.29) is 11.7 Å². The Morgan fingerprint density at radius 2 is 2.35 bits per heavy atom. The van der Waals surface area contributed by atoms with E-state index in [1.165, 1.54) is 0 Å². The molecule has 17 heavy (non-hydrogen) atoms. The molecule has 1 aliphatic carbocycles. The molecule has 0 aromatic heterocycles. The summed E-state index contributed by atoms with van der Waals surface area (Å²) in [6.45, 7) is 2.22. The zero-order valence-electron chi connectivity index (χ0n) is 9.30. The van der Waals surface area contributed by atoms with Gasteiger partial charge < -0.3 is 10.1 Å². The van der Waals surface area contributed by atoms with Crippen molar-refractivity contribution in [3.63, 3.8) is 0 Å². The molecule has 88 valence electrons.